The number of halogens is 2. The maximum Gasteiger partial charge on any atom is 0.244 e. The third-order valence-electron chi connectivity index (χ3n) is 3.66. The molecule has 1 aliphatic heterocycles. The van der Waals surface area contributed by atoms with Gasteiger partial charge in [0.05, 0.1) is 21.6 Å². The van der Waals surface area contributed by atoms with E-state index in [0.29, 0.717) is 6.42 Å². The standard InChI is InChI=1S/C14H19Cl2NO4S2/c1-10(2)8-17(11-6-7-22(18,19)9-11)23(20,21)13-5-3-4-12(15)14(13)16/h3-5,10-11H,6-9H2,1-2H3/t11-/m1/s1. The van der Waals surface area contributed by atoms with Crippen molar-refractivity contribution >= 4 is 43.1 Å². The Hall–Kier alpha value is -0.340. The maximum absolute atomic E-state index is 13.0. The van der Waals surface area contributed by atoms with E-state index in [2.05, 4.69) is 0 Å². The lowest BCUT2D eigenvalue weighted by atomic mass is 10.2. The topological polar surface area (TPSA) is 71.5 Å². The molecule has 1 atom stereocenters. The number of rotatable bonds is 5. The Kier molecular flexibility index (Phi) is 5.68. The summed E-state index contributed by atoms with van der Waals surface area (Å²) in [7, 11) is -7.13. The van der Waals surface area contributed by atoms with E-state index in [1.165, 1.54) is 22.5 Å². The molecule has 0 aliphatic carbocycles. The fourth-order valence-electron chi connectivity index (χ4n) is 2.62. The molecule has 1 aromatic rings. The molecule has 1 aromatic carbocycles. The summed E-state index contributed by atoms with van der Waals surface area (Å²) in [5, 5.41) is 0.111. The van der Waals surface area contributed by atoms with E-state index < -0.39 is 25.9 Å². The molecule has 0 N–H and O–H groups in total. The van der Waals surface area contributed by atoms with Gasteiger partial charge in [0.15, 0.2) is 9.84 Å². The summed E-state index contributed by atoms with van der Waals surface area (Å²) in [4.78, 5) is -0.0865. The number of benzene rings is 1. The van der Waals surface area contributed by atoms with Crippen LogP contribution in [0.2, 0.25) is 10.0 Å². The molecule has 1 heterocycles. The van der Waals surface area contributed by atoms with E-state index in [0.717, 1.165) is 0 Å². The molecule has 130 valence electrons. The normalized spacial score (nSPS) is 21.2. The van der Waals surface area contributed by atoms with Crippen molar-refractivity contribution in [2.24, 2.45) is 5.92 Å². The Balaban J connectivity index is 2.48. The Bertz CT molecular complexity index is 791. The second kappa shape index (κ2) is 6.88. The van der Waals surface area contributed by atoms with Crippen molar-refractivity contribution in [1.29, 1.82) is 0 Å². The first-order chi connectivity index (χ1) is 10.5. The predicted molar refractivity (Wildman–Crippen MR) is 92.3 cm³/mol. The van der Waals surface area contributed by atoms with E-state index in [1.54, 1.807) is 0 Å². The smallest absolute Gasteiger partial charge is 0.229 e. The van der Waals surface area contributed by atoms with Gasteiger partial charge in [0.2, 0.25) is 10.0 Å². The average Bonchev–Trinajstić information content (AvgIpc) is 2.78. The van der Waals surface area contributed by atoms with Crippen molar-refractivity contribution < 1.29 is 16.8 Å². The molecule has 9 heteroatoms. The number of hydrogen-bond acceptors (Lipinski definition) is 4. The van der Waals surface area contributed by atoms with Gasteiger partial charge in [-0.05, 0) is 24.5 Å². The summed E-state index contributed by atoms with van der Waals surface area (Å²) in [6.45, 7) is 3.99. The van der Waals surface area contributed by atoms with E-state index >= 15 is 0 Å². The number of sulfone groups is 1. The molecule has 1 aliphatic rings. The molecule has 0 bridgehead atoms. The summed E-state index contributed by atoms with van der Waals surface area (Å²) >= 11 is 12.0. The van der Waals surface area contributed by atoms with Crippen LogP contribution in [0.4, 0.5) is 0 Å². The Labute approximate surface area is 147 Å². The molecule has 1 fully saturated rings. The van der Waals surface area contributed by atoms with Crippen LogP contribution in [0.1, 0.15) is 20.3 Å². The van der Waals surface area contributed by atoms with Crippen molar-refractivity contribution in [2.45, 2.75) is 31.2 Å². The zero-order chi connectivity index (χ0) is 17.4. The van der Waals surface area contributed by atoms with Crippen LogP contribution in [-0.2, 0) is 19.9 Å². The van der Waals surface area contributed by atoms with Crippen LogP contribution in [0.25, 0.3) is 0 Å². The zero-order valence-corrected chi connectivity index (χ0v) is 16.0. The fraction of sp³-hybridized carbons (Fsp3) is 0.571. The predicted octanol–water partition coefficient (Wildman–Crippen LogP) is 2.83. The Morgan fingerprint density at radius 2 is 1.96 bits per heavy atom. The lowest BCUT2D eigenvalue weighted by Gasteiger charge is -2.29. The van der Waals surface area contributed by atoms with Crippen molar-refractivity contribution in [3.63, 3.8) is 0 Å². The monoisotopic (exact) mass is 399 g/mol. The highest BCUT2D eigenvalue weighted by Gasteiger charge is 2.39. The van der Waals surface area contributed by atoms with Gasteiger partial charge in [-0.25, -0.2) is 16.8 Å². The van der Waals surface area contributed by atoms with E-state index in [9.17, 15) is 16.8 Å². The fourth-order valence-corrected chi connectivity index (χ4v) is 7.00. The summed E-state index contributed by atoms with van der Waals surface area (Å²) < 4.78 is 50.8. The second-order valence-electron chi connectivity index (χ2n) is 6.08. The van der Waals surface area contributed by atoms with Gasteiger partial charge < -0.3 is 0 Å². The molecular weight excluding hydrogens is 381 g/mol. The van der Waals surface area contributed by atoms with Gasteiger partial charge in [-0.15, -0.1) is 0 Å². The zero-order valence-electron chi connectivity index (χ0n) is 12.9. The number of nitrogens with zero attached hydrogens (tertiary/aromatic N) is 1. The molecule has 0 spiro atoms. The minimum Gasteiger partial charge on any atom is -0.229 e. The van der Waals surface area contributed by atoms with E-state index in [1.807, 2.05) is 13.8 Å². The quantitative estimate of drug-likeness (QED) is 0.762. The van der Waals surface area contributed by atoms with Crippen LogP contribution >= 0.6 is 23.2 Å². The molecule has 0 aromatic heterocycles. The lowest BCUT2D eigenvalue weighted by Crippen LogP contribution is -2.43. The lowest BCUT2D eigenvalue weighted by molar-refractivity contribution is 0.308. The second-order valence-corrected chi connectivity index (χ2v) is 11.0. The van der Waals surface area contributed by atoms with Crippen LogP contribution in [0.15, 0.2) is 23.1 Å². The van der Waals surface area contributed by atoms with Crippen LogP contribution in [-0.4, -0.2) is 45.2 Å². The number of sulfonamides is 1. The molecule has 0 saturated carbocycles. The van der Waals surface area contributed by atoms with Gasteiger partial charge in [0, 0.05) is 12.6 Å². The molecule has 2 rings (SSSR count). The molecular formula is C14H19Cl2NO4S2. The van der Waals surface area contributed by atoms with Gasteiger partial charge >= 0.3 is 0 Å². The van der Waals surface area contributed by atoms with Gasteiger partial charge in [0.25, 0.3) is 0 Å². The first-order valence-electron chi connectivity index (χ1n) is 7.21. The molecule has 23 heavy (non-hydrogen) atoms. The minimum atomic E-state index is -3.93. The summed E-state index contributed by atoms with van der Waals surface area (Å²) in [5.74, 6) is -0.103. The van der Waals surface area contributed by atoms with Gasteiger partial charge in [0.1, 0.15) is 4.90 Å². The van der Waals surface area contributed by atoms with Crippen molar-refractivity contribution in [3.8, 4) is 0 Å². The van der Waals surface area contributed by atoms with Crippen LogP contribution in [0.5, 0.6) is 0 Å². The highest BCUT2D eigenvalue weighted by Crippen LogP contribution is 2.33. The average molecular weight is 400 g/mol. The number of hydrogen-bond donors (Lipinski definition) is 0. The third-order valence-corrected chi connectivity index (χ3v) is 8.31. The SMILES string of the molecule is CC(C)CN([C@@H]1CCS(=O)(=O)C1)S(=O)(=O)c1cccc(Cl)c1Cl. The third kappa shape index (κ3) is 4.20. The van der Waals surface area contributed by atoms with Gasteiger partial charge in [-0.2, -0.15) is 4.31 Å². The first-order valence-corrected chi connectivity index (χ1v) is 11.2. The highest BCUT2D eigenvalue weighted by molar-refractivity contribution is 7.92. The van der Waals surface area contributed by atoms with Crippen molar-refractivity contribution in [3.05, 3.63) is 28.2 Å². The molecule has 0 unspecified atom stereocenters. The van der Waals surface area contributed by atoms with E-state index in [-0.39, 0.29) is 38.9 Å². The van der Waals surface area contributed by atoms with Crippen LogP contribution < -0.4 is 0 Å². The summed E-state index contributed by atoms with van der Waals surface area (Å²) in [5.41, 5.74) is 0. The van der Waals surface area contributed by atoms with Gasteiger partial charge in [-0.1, -0.05) is 43.1 Å². The molecule has 0 radical (unpaired) electrons. The van der Waals surface area contributed by atoms with Crippen molar-refractivity contribution in [2.75, 3.05) is 18.1 Å². The largest absolute Gasteiger partial charge is 0.244 e. The minimum absolute atomic E-state index is 0.00502. The Morgan fingerprint density at radius 1 is 1.30 bits per heavy atom. The van der Waals surface area contributed by atoms with E-state index in [4.69, 9.17) is 23.2 Å². The van der Waals surface area contributed by atoms with Gasteiger partial charge in [-0.3, -0.25) is 0 Å². The first kappa shape index (κ1) is 19.0. The molecule has 1 saturated heterocycles. The summed E-state index contributed by atoms with van der Waals surface area (Å²) in [6, 6.07) is 3.85. The molecule has 5 nitrogen and oxygen atoms in total. The Morgan fingerprint density at radius 3 is 2.48 bits per heavy atom. The summed E-state index contributed by atoms with van der Waals surface area (Å²) in [6.07, 6.45) is 0.298. The highest BCUT2D eigenvalue weighted by atomic mass is 35.5. The van der Waals surface area contributed by atoms with Crippen LogP contribution in [0.3, 0.4) is 0 Å². The van der Waals surface area contributed by atoms with Crippen molar-refractivity contribution in [1.82, 2.24) is 4.31 Å². The maximum atomic E-state index is 13.0. The van der Waals surface area contributed by atoms with Crippen LogP contribution in [0, 0.1) is 5.92 Å². The molecule has 0 amide bonds.